The largest absolute Gasteiger partial charge is 0.381 e. The maximum Gasteiger partial charge on any atom is 0.241 e. The molecule has 2 N–H and O–H groups in total. The van der Waals surface area contributed by atoms with E-state index in [9.17, 15) is 4.79 Å². The summed E-state index contributed by atoms with van der Waals surface area (Å²) in [6, 6.07) is 1.49. The van der Waals surface area contributed by atoms with E-state index in [1.165, 1.54) is 12.3 Å². The summed E-state index contributed by atoms with van der Waals surface area (Å²) in [7, 11) is 0. The molecule has 2 heterocycles. The van der Waals surface area contributed by atoms with Crippen LogP contribution in [0.1, 0.15) is 19.8 Å². The van der Waals surface area contributed by atoms with Crippen LogP contribution >= 0.6 is 23.2 Å². The molecule has 1 saturated heterocycles. The highest BCUT2D eigenvalue weighted by Crippen LogP contribution is 2.23. The van der Waals surface area contributed by atoms with E-state index in [1.54, 1.807) is 0 Å². The van der Waals surface area contributed by atoms with Crippen LogP contribution in [0.3, 0.4) is 0 Å². The van der Waals surface area contributed by atoms with Crippen molar-refractivity contribution < 1.29 is 9.53 Å². The molecule has 1 aromatic rings. The van der Waals surface area contributed by atoms with Crippen molar-refractivity contribution in [2.45, 2.75) is 31.8 Å². The molecular formula is C13H17Cl2N3O2. The zero-order valence-electron chi connectivity index (χ0n) is 11.2. The molecule has 0 aliphatic carbocycles. The van der Waals surface area contributed by atoms with Gasteiger partial charge in [0, 0.05) is 19.3 Å². The predicted molar refractivity (Wildman–Crippen MR) is 79.3 cm³/mol. The second-order valence-corrected chi connectivity index (χ2v) is 5.55. The molecule has 0 aromatic carbocycles. The van der Waals surface area contributed by atoms with E-state index >= 15 is 0 Å². The Kier molecular flexibility index (Phi) is 5.60. The van der Waals surface area contributed by atoms with Crippen molar-refractivity contribution in [3.05, 3.63) is 22.4 Å². The standard InChI is InChI=1S/C13H17Cl2N3O2/c1-8(17-9-2-4-20-5-3-9)13(19)18-11-7-16-12(15)6-10(11)14/h6-9,17H,2-5H2,1H3,(H,18,19). The zero-order chi connectivity index (χ0) is 14.5. The number of pyridine rings is 1. The number of hydrogen-bond acceptors (Lipinski definition) is 4. The summed E-state index contributed by atoms with van der Waals surface area (Å²) in [6.07, 6.45) is 3.28. The van der Waals surface area contributed by atoms with Crippen molar-refractivity contribution in [2.75, 3.05) is 18.5 Å². The Morgan fingerprint density at radius 1 is 1.45 bits per heavy atom. The molecule has 0 spiro atoms. The Bertz CT molecular complexity index is 479. The molecule has 1 atom stereocenters. The third-order valence-electron chi connectivity index (χ3n) is 3.18. The van der Waals surface area contributed by atoms with Crippen LogP contribution in [0.25, 0.3) is 0 Å². The van der Waals surface area contributed by atoms with Crippen molar-refractivity contribution >= 4 is 34.8 Å². The molecule has 110 valence electrons. The van der Waals surface area contributed by atoms with E-state index in [4.69, 9.17) is 27.9 Å². The van der Waals surface area contributed by atoms with Crippen LogP contribution in [0.2, 0.25) is 10.2 Å². The smallest absolute Gasteiger partial charge is 0.241 e. The van der Waals surface area contributed by atoms with E-state index in [-0.39, 0.29) is 11.9 Å². The number of carbonyl (C=O) groups excluding carboxylic acids is 1. The summed E-state index contributed by atoms with van der Waals surface area (Å²) < 4.78 is 5.29. The lowest BCUT2D eigenvalue weighted by Crippen LogP contribution is -2.46. The van der Waals surface area contributed by atoms with Crippen LogP contribution in [0, 0.1) is 0 Å². The number of rotatable bonds is 4. The highest BCUT2D eigenvalue weighted by atomic mass is 35.5. The van der Waals surface area contributed by atoms with Crippen LogP contribution in [0.15, 0.2) is 12.3 Å². The number of carbonyl (C=O) groups is 1. The minimum Gasteiger partial charge on any atom is -0.381 e. The maximum absolute atomic E-state index is 12.1. The van der Waals surface area contributed by atoms with Crippen molar-refractivity contribution in [3.63, 3.8) is 0 Å². The normalized spacial score (nSPS) is 17.8. The molecule has 0 bridgehead atoms. The monoisotopic (exact) mass is 317 g/mol. The lowest BCUT2D eigenvalue weighted by molar-refractivity contribution is -0.118. The summed E-state index contributed by atoms with van der Waals surface area (Å²) in [5, 5.41) is 6.69. The minimum absolute atomic E-state index is 0.150. The van der Waals surface area contributed by atoms with E-state index < -0.39 is 0 Å². The molecule has 1 aliphatic heterocycles. The second-order valence-electron chi connectivity index (χ2n) is 4.75. The number of amides is 1. The Morgan fingerprint density at radius 3 is 2.80 bits per heavy atom. The van der Waals surface area contributed by atoms with Crippen molar-refractivity contribution in [2.24, 2.45) is 0 Å². The van der Waals surface area contributed by atoms with Gasteiger partial charge < -0.3 is 15.4 Å². The van der Waals surface area contributed by atoms with Crippen LogP contribution < -0.4 is 10.6 Å². The zero-order valence-corrected chi connectivity index (χ0v) is 12.7. The number of anilines is 1. The Hall–Kier alpha value is -0.880. The third kappa shape index (κ3) is 4.31. The molecule has 7 heteroatoms. The molecule has 2 rings (SSSR count). The van der Waals surface area contributed by atoms with Crippen molar-refractivity contribution in [3.8, 4) is 0 Å². The fourth-order valence-electron chi connectivity index (χ4n) is 2.03. The number of nitrogens with one attached hydrogen (secondary N) is 2. The van der Waals surface area contributed by atoms with Gasteiger partial charge in [-0.25, -0.2) is 4.98 Å². The Balaban J connectivity index is 1.89. The molecule has 0 radical (unpaired) electrons. The van der Waals surface area contributed by atoms with Crippen molar-refractivity contribution in [1.29, 1.82) is 0 Å². The molecule has 1 fully saturated rings. The van der Waals surface area contributed by atoms with Gasteiger partial charge in [-0.05, 0) is 25.8 Å². The highest BCUT2D eigenvalue weighted by Gasteiger charge is 2.20. The van der Waals surface area contributed by atoms with Crippen LogP contribution in [-0.2, 0) is 9.53 Å². The molecule has 5 nitrogen and oxygen atoms in total. The predicted octanol–water partition coefficient (Wildman–Crippen LogP) is 2.48. The van der Waals surface area contributed by atoms with Gasteiger partial charge in [-0.3, -0.25) is 4.79 Å². The average molecular weight is 318 g/mol. The van der Waals surface area contributed by atoms with Crippen LogP contribution in [0.4, 0.5) is 5.69 Å². The average Bonchev–Trinajstić information content (AvgIpc) is 2.43. The first-order valence-corrected chi connectivity index (χ1v) is 7.27. The summed E-state index contributed by atoms with van der Waals surface area (Å²) in [4.78, 5) is 16.0. The highest BCUT2D eigenvalue weighted by molar-refractivity contribution is 6.36. The topological polar surface area (TPSA) is 63.2 Å². The summed E-state index contributed by atoms with van der Waals surface area (Å²) >= 11 is 11.7. The summed E-state index contributed by atoms with van der Waals surface area (Å²) in [5.74, 6) is -0.150. The number of aromatic nitrogens is 1. The van der Waals surface area contributed by atoms with Gasteiger partial charge in [-0.1, -0.05) is 23.2 Å². The van der Waals surface area contributed by atoms with E-state index in [2.05, 4.69) is 15.6 Å². The molecule has 1 aromatic heterocycles. The van der Waals surface area contributed by atoms with Gasteiger partial charge >= 0.3 is 0 Å². The first-order valence-electron chi connectivity index (χ1n) is 6.52. The van der Waals surface area contributed by atoms with Crippen LogP contribution in [0.5, 0.6) is 0 Å². The fourth-order valence-corrected chi connectivity index (χ4v) is 2.45. The minimum atomic E-state index is -0.315. The van der Waals surface area contributed by atoms with Gasteiger partial charge in [0.2, 0.25) is 5.91 Å². The molecule has 1 unspecified atom stereocenters. The fraction of sp³-hybridized carbons (Fsp3) is 0.538. The maximum atomic E-state index is 12.1. The van der Waals surface area contributed by atoms with Gasteiger partial charge in [0.25, 0.3) is 0 Å². The summed E-state index contributed by atoms with van der Waals surface area (Å²) in [5.41, 5.74) is 0.460. The first kappa shape index (κ1) is 15.5. The Morgan fingerprint density at radius 2 is 2.15 bits per heavy atom. The van der Waals surface area contributed by atoms with Crippen LogP contribution in [-0.4, -0.2) is 36.2 Å². The van der Waals surface area contributed by atoms with E-state index in [1.807, 2.05) is 6.92 Å². The van der Waals surface area contributed by atoms with E-state index in [0.29, 0.717) is 21.9 Å². The van der Waals surface area contributed by atoms with Gasteiger partial charge in [-0.2, -0.15) is 0 Å². The number of ether oxygens (including phenoxy) is 1. The first-order chi connectivity index (χ1) is 9.56. The SMILES string of the molecule is CC(NC1CCOCC1)C(=O)Nc1cnc(Cl)cc1Cl. The van der Waals surface area contributed by atoms with Gasteiger partial charge in [-0.15, -0.1) is 0 Å². The number of hydrogen-bond donors (Lipinski definition) is 2. The third-order valence-corrected chi connectivity index (χ3v) is 3.70. The summed E-state index contributed by atoms with van der Waals surface area (Å²) in [6.45, 7) is 3.29. The van der Waals surface area contributed by atoms with Crippen molar-refractivity contribution in [1.82, 2.24) is 10.3 Å². The molecule has 1 aliphatic rings. The lowest BCUT2D eigenvalue weighted by Gasteiger charge is -2.26. The van der Waals surface area contributed by atoms with Gasteiger partial charge in [0.05, 0.1) is 22.9 Å². The molecule has 1 amide bonds. The quantitative estimate of drug-likeness (QED) is 0.837. The molecule has 20 heavy (non-hydrogen) atoms. The molecular weight excluding hydrogens is 301 g/mol. The second kappa shape index (κ2) is 7.22. The number of nitrogens with zero attached hydrogens (tertiary/aromatic N) is 1. The van der Waals surface area contributed by atoms with Gasteiger partial charge in [0.1, 0.15) is 5.15 Å². The van der Waals surface area contributed by atoms with E-state index in [0.717, 1.165) is 26.1 Å². The lowest BCUT2D eigenvalue weighted by atomic mass is 10.1. The van der Waals surface area contributed by atoms with Gasteiger partial charge in [0.15, 0.2) is 0 Å². The molecule has 0 saturated carbocycles. The Labute approximate surface area is 128 Å². The number of halogens is 2.